The Hall–Kier alpha value is -2.18. The molecule has 1 amide bonds. The lowest BCUT2D eigenvalue weighted by Crippen LogP contribution is -2.62. The monoisotopic (exact) mass is 355 g/mol. The molecule has 2 aromatic rings. The second-order valence-electron chi connectivity index (χ2n) is 7.26. The molecule has 2 aliphatic heterocycles. The Morgan fingerprint density at radius 3 is 2.81 bits per heavy atom. The molecule has 26 heavy (non-hydrogen) atoms. The summed E-state index contributed by atoms with van der Waals surface area (Å²) in [6.45, 7) is 4.17. The molecule has 4 rings (SSSR count). The third-order valence-electron chi connectivity index (χ3n) is 5.47. The molecule has 2 atom stereocenters. The summed E-state index contributed by atoms with van der Waals surface area (Å²) in [4.78, 5) is 14.8. The van der Waals surface area contributed by atoms with Crippen LogP contribution in [0.3, 0.4) is 0 Å². The van der Waals surface area contributed by atoms with Crippen LogP contribution < -0.4 is 0 Å². The van der Waals surface area contributed by atoms with Crippen LogP contribution in [0.15, 0.2) is 42.7 Å². The van der Waals surface area contributed by atoms with Gasteiger partial charge in [0.25, 0.3) is 0 Å². The lowest BCUT2D eigenvalue weighted by Gasteiger charge is -2.48. The summed E-state index contributed by atoms with van der Waals surface area (Å²) < 4.78 is 7.80. The van der Waals surface area contributed by atoms with Crippen LogP contribution in [0.25, 0.3) is 0 Å². The number of rotatable bonds is 4. The van der Waals surface area contributed by atoms with Crippen LogP contribution in [0.2, 0.25) is 0 Å². The topological polar surface area (TPSA) is 67.6 Å². The lowest BCUT2D eigenvalue weighted by molar-refractivity contribution is -0.169. The van der Waals surface area contributed by atoms with Gasteiger partial charge in [0.2, 0.25) is 5.91 Å². The van der Waals surface area contributed by atoms with Gasteiger partial charge in [-0.25, -0.2) is 0 Å². The normalized spacial score (nSPS) is 24.9. The second-order valence-corrected chi connectivity index (χ2v) is 7.26. The van der Waals surface area contributed by atoms with E-state index in [1.165, 1.54) is 0 Å². The minimum atomic E-state index is -0.935. The molecule has 0 unspecified atom stereocenters. The molecule has 2 fully saturated rings. The zero-order valence-corrected chi connectivity index (χ0v) is 15.0. The number of likely N-dealkylation sites (tertiary alicyclic amines) is 1. The summed E-state index contributed by atoms with van der Waals surface area (Å²) in [5.74, 6) is -0.141. The summed E-state index contributed by atoms with van der Waals surface area (Å²) in [6, 6.07) is 9.57. The van der Waals surface area contributed by atoms with Gasteiger partial charge >= 0.3 is 0 Å². The van der Waals surface area contributed by atoms with Gasteiger partial charge in [0.05, 0.1) is 31.3 Å². The zero-order chi connectivity index (χ0) is 18.1. The van der Waals surface area contributed by atoms with Crippen LogP contribution in [0.4, 0.5) is 0 Å². The van der Waals surface area contributed by atoms with Crippen molar-refractivity contribution in [1.29, 1.82) is 0 Å². The van der Waals surface area contributed by atoms with E-state index in [1.807, 2.05) is 48.1 Å². The Labute approximate surface area is 153 Å². The Kier molecular flexibility index (Phi) is 4.54. The molecule has 1 N–H and O–H groups in total. The Morgan fingerprint density at radius 1 is 1.35 bits per heavy atom. The fourth-order valence-electron chi connectivity index (χ4n) is 3.97. The van der Waals surface area contributed by atoms with Crippen LogP contribution in [-0.2, 0) is 21.7 Å². The van der Waals surface area contributed by atoms with Gasteiger partial charge in [-0.3, -0.25) is 9.48 Å². The number of nitrogens with zero attached hydrogens (tertiary/aromatic N) is 3. The summed E-state index contributed by atoms with van der Waals surface area (Å²) in [7, 11) is 0. The highest BCUT2D eigenvalue weighted by Crippen LogP contribution is 2.39. The molecule has 0 spiro atoms. The third kappa shape index (κ3) is 3.04. The van der Waals surface area contributed by atoms with Gasteiger partial charge in [0, 0.05) is 24.9 Å². The van der Waals surface area contributed by atoms with E-state index in [9.17, 15) is 9.90 Å². The molecule has 138 valence electrons. The molecule has 0 saturated carbocycles. The number of aromatic nitrogens is 2. The standard InChI is InChI=1S/C20H25N3O3/c1-2-23-12-15(11-21-23)18-17(9-6-10-26-18)19(24)22-13-20(25,14-22)16-7-4-3-5-8-16/h3-5,7-8,11-12,17-18,25H,2,6,9-10,13-14H2,1H3/t17-,18+/m1/s1. The van der Waals surface area contributed by atoms with Crippen molar-refractivity contribution in [2.75, 3.05) is 19.7 Å². The van der Waals surface area contributed by atoms with Crippen LogP contribution in [0, 0.1) is 5.92 Å². The van der Waals surface area contributed by atoms with Crippen molar-refractivity contribution >= 4 is 5.91 Å². The number of β-amino-alcohol motifs (C(OH)–C–C–N with tert-alkyl or cyclic N) is 1. The van der Waals surface area contributed by atoms with Gasteiger partial charge < -0.3 is 14.7 Å². The summed E-state index contributed by atoms with van der Waals surface area (Å²) in [6.07, 6.45) is 5.21. The minimum Gasteiger partial charge on any atom is -0.381 e. The first kappa shape index (κ1) is 17.2. The van der Waals surface area contributed by atoms with Gasteiger partial charge in [0.15, 0.2) is 0 Å². The number of aryl methyl sites for hydroxylation is 1. The Balaban J connectivity index is 1.47. The number of benzene rings is 1. The first-order valence-corrected chi connectivity index (χ1v) is 9.31. The summed E-state index contributed by atoms with van der Waals surface area (Å²) in [5, 5.41) is 15.1. The number of aliphatic hydroxyl groups is 1. The van der Waals surface area contributed by atoms with Crippen molar-refractivity contribution in [3.05, 3.63) is 53.9 Å². The van der Waals surface area contributed by atoms with Gasteiger partial charge in [-0.1, -0.05) is 30.3 Å². The van der Waals surface area contributed by atoms with E-state index in [0.29, 0.717) is 19.7 Å². The number of carbonyl (C=O) groups excluding carboxylic acids is 1. The van der Waals surface area contributed by atoms with Crippen LogP contribution in [0.1, 0.15) is 37.0 Å². The summed E-state index contributed by atoms with van der Waals surface area (Å²) in [5.41, 5.74) is 0.892. The molecule has 6 heteroatoms. The van der Waals surface area contributed by atoms with E-state index >= 15 is 0 Å². The molecule has 2 aliphatic rings. The molecule has 0 bridgehead atoms. The van der Waals surface area contributed by atoms with Crippen molar-refractivity contribution in [2.24, 2.45) is 5.92 Å². The van der Waals surface area contributed by atoms with E-state index in [4.69, 9.17) is 4.74 Å². The second kappa shape index (κ2) is 6.85. The molecule has 1 aromatic carbocycles. The predicted octanol–water partition coefficient (Wildman–Crippen LogP) is 2.10. The maximum atomic E-state index is 13.1. The van der Waals surface area contributed by atoms with Crippen LogP contribution in [0.5, 0.6) is 0 Å². The van der Waals surface area contributed by atoms with Gasteiger partial charge in [-0.15, -0.1) is 0 Å². The quantitative estimate of drug-likeness (QED) is 0.912. The van der Waals surface area contributed by atoms with E-state index in [-0.39, 0.29) is 17.9 Å². The zero-order valence-electron chi connectivity index (χ0n) is 15.0. The fourth-order valence-corrected chi connectivity index (χ4v) is 3.97. The average molecular weight is 355 g/mol. The smallest absolute Gasteiger partial charge is 0.228 e. The predicted molar refractivity (Wildman–Crippen MR) is 96.2 cm³/mol. The highest BCUT2D eigenvalue weighted by Gasteiger charge is 2.48. The molecule has 6 nitrogen and oxygen atoms in total. The highest BCUT2D eigenvalue weighted by molar-refractivity contribution is 5.81. The van der Waals surface area contributed by atoms with Gasteiger partial charge in [-0.05, 0) is 25.3 Å². The van der Waals surface area contributed by atoms with E-state index in [2.05, 4.69) is 5.10 Å². The molecule has 0 radical (unpaired) electrons. The Morgan fingerprint density at radius 2 is 2.12 bits per heavy atom. The molecular weight excluding hydrogens is 330 g/mol. The summed E-state index contributed by atoms with van der Waals surface area (Å²) >= 11 is 0. The first-order chi connectivity index (χ1) is 12.6. The molecule has 2 saturated heterocycles. The molecular formula is C20H25N3O3. The fraction of sp³-hybridized carbons (Fsp3) is 0.500. The molecule has 1 aromatic heterocycles. The van der Waals surface area contributed by atoms with E-state index < -0.39 is 5.60 Å². The van der Waals surface area contributed by atoms with Crippen molar-refractivity contribution in [3.63, 3.8) is 0 Å². The lowest BCUT2D eigenvalue weighted by atomic mass is 9.83. The van der Waals surface area contributed by atoms with E-state index in [1.54, 1.807) is 11.1 Å². The van der Waals surface area contributed by atoms with Crippen molar-refractivity contribution in [1.82, 2.24) is 14.7 Å². The SMILES string of the molecule is CCn1cc([C@@H]2OCCC[C@H]2C(=O)N2CC(O)(c3ccccc3)C2)cn1. The van der Waals surface area contributed by atoms with E-state index in [0.717, 1.165) is 30.5 Å². The number of ether oxygens (including phenoxy) is 1. The largest absolute Gasteiger partial charge is 0.381 e. The van der Waals surface area contributed by atoms with Crippen molar-refractivity contribution in [3.8, 4) is 0 Å². The maximum absolute atomic E-state index is 13.1. The molecule has 0 aliphatic carbocycles. The Bertz CT molecular complexity index is 768. The van der Waals surface area contributed by atoms with Gasteiger partial charge in [0.1, 0.15) is 5.60 Å². The van der Waals surface area contributed by atoms with Crippen LogP contribution in [-0.4, -0.2) is 45.4 Å². The number of carbonyl (C=O) groups is 1. The van der Waals surface area contributed by atoms with Crippen LogP contribution >= 0.6 is 0 Å². The maximum Gasteiger partial charge on any atom is 0.228 e. The minimum absolute atomic E-state index is 0.0690. The van der Waals surface area contributed by atoms with Gasteiger partial charge in [-0.2, -0.15) is 5.10 Å². The first-order valence-electron chi connectivity index (χ1n) is 9.31. The number of hydrogen-bond donors (Lipinski definition) is 1. The highest BCUT2D eigenvalue weighted by atomic mass is 16.5. The molecule has 3 heterocycles. The number of amides is 1. The van der Waals surface area contributed by atoms with Crippen molar-refractivity contribution < 1.29 is 14.6 Å². The van der Waals surface area contributed by atoms with Crippen molar-refractivity contribution in [2.45, 2.75) is 38.0 Å². The number of hydrogen-bond acceptors (Lipinski definition) is 4. The average Bonchev–Trinajstić information content (AvgIpc) is 3.15. The third-order valence-corrected chi connectivity index (χ3v) is 5.47.